The van der Waals surface area contributed by atoms with Crippen LogP contribution in [0.25, 0.3) is 69.6 Å². The molecule has 2 aromatic heterocycles. The molecule has 0 radical (unpaired) electrons. The highest BCUT2D eigenvalue weighted by atomic mass is 32.1. The molecule has 12 aromatic rings. The molecule has 0 aliphatic rings. The van der Waals surface area contributed by atoms with Crippen molar-refractivity contribution >= 4 is 98.2 Å². The summed E-state index contributed by atoms with van der Waals surface area (Å²) in [5.74, 6) is 0. The SMILES string of the molecule is c1ccc(N(c2ccc(N(c3ccccc3)c3ccc4c5ccccc5n(-c5ccccc5)c4c3)cc2)c2cccc(-c3ccc4c(c3)sc3ccc5ccccc5c34)c2)cc1. The first-order valence-corrected chi connectivity index (χ1v) is 21.9. The predicted octanol–water partition coefficient (Wildman–Crippen LogP) is 16.9. The molecule has 62 heavy (non-hydrogen) atoms. The molecule has 0 spiro atoms. The number of hydrogen-bond acceptors (Lipinski definition) is 3. The maximum atomic E-state index is 2.38. The van der Waals surface area contributed by atoms with Crippen molar-refractivity contribution < 1.29 is 0 Å². The van der Waals surface area contributed by atoms with Gasteiger partial charge in [0.15, 0.2) is 0 Å². The van der Waals surface area contributed by atoms with Gasteiger partial charge in [-0.25, -0.2) is 0 Å². The molecule has 0 N–H and O–H groups in total. The minimum atomic E-state index is 1.08. The van der Waals surface area contributed by atoms with E-state index in [2.05, 4.69) is 251 Å². The smallest absolute Gasteiger partial charge is 0.0561 e. The molecule has 292 valence electrons. The van der Waals surface area contributed by atoms with Crippen molar-refractivity contribution in [2.75, 3.05) is 9.80 Å². The first kappa shape index (κ1) is 36.0. The van der Waals surface area contributed by atoms with Crippen LogP contribution in [-0.4, -0.2) is 4.57 Å². The first-order valence-electron chi connectivity index (χ1n) is 21.1. The number of fused-ring (bicyclic) bond motifs is 8. The highest BCUT2D eigenvalue weighted by molar-refractivity contribution is 7.26. The van der Waals surface area contributed by atoms with Crippen LogP contribution < -0.4 is 9.80 Å². The summed E-state index contributed by atoms with van der Waals surface area (Å²) < 4.78 is 5.01. The molecular weight excluding hydrogens is 771 g/mol. The van der Waals surface area contributed by atoms with Gasteiger partial charge in [0, 0.05) is 70.8 Å². The number of nitrogens with zero attached hydrogens (tertiary/aromatic N) is 3. The fraction of sp³-hybridized carbons (Fsp3) is 0. The Bertz CT molecular complexity index is 3570. The molecule has 3 nitrogen and oxygen atoms in total. The number of hydrogen-bond donors (Lipinski definition) is 0. The molecular formula is C58H39N3S. The summed E-state index contributed by atoms with van der Waals surface area (Å²) >= 11 is 1.88. The molecule has 12 rings (SSSR count). The van der Waals surface area contributed by atoms with Crippen molar-refractivity contribution in [1.82, 2.24) is 4.57 Å². The molecule has 0 aliphatic carbocycles. The summed E-state index contributed by atoms with van der Waals surface area (Å²) in [6.07, 6.45) is 0. The second-order valence-corrected chi connectivity index (χ2v) is 16.9. The Morgan fingerprint density at radius 2 is 0.839 bits per heavy atom. The Labute approximate surface area is 364 Å². The molecule has 10 aromatic carbocycles. The highest BCUT2D eigenvalue weighted by Gasteiger charge is 2.19. The van der Waals surface area contributed by atoms with Crippen LogP contribution in [0.15, 0.2) is 237 Å². The molecule has 0 saturated carbocycles. The summed E-state index contributed by atoms with van der Waals surface area (Å²) in [6.45, 7) is 0. The van der Waals surface area contributed by atoms with Crippen molar-refractivity contribution in [3.63, 3.8) is 0 Å². The first-order chi connectivity index (χ1) is 30.7. The molecule has 0 unspecified atom stereocenters. The quantitative estimate of drug-likeness (QED) is 0.151. The maximum Gasteiger partial charge on any atom is 0.0561 e. The Hall–Kier alpha value is -7.92. The van der Waals surface area contributed by atoms with Gasteiger partial charge in [0.05, 0.1) is 11.0 Å². The van der Waals surface area contributed by atoms with E-state index in [4.69, 9.17) is 0 Å². The van der Waals surface area contributed by atoms with E-state index in [0.717, 1.165) is 39.8 Å². The van der Waals surface area contributed by atoms with E-state index in [9.17, 15) is 0 Å². The van der Waals surface area contributed by atoms with E-state index in [0.29, 0.717) is 0 Å². The molecule has 0 aliphatic heterocycles. The lowest BCUT2D eigenvalue weighted by molar-refractivity contribution is 1.18. The van der Waals surface area contributed by atoms with Gasteiger partial charge in [0.1, 0.15) is 0 Å². The van der Waals surface area contributed by atoms with E-state index in [1.807, 2.05) is 11.3 Å². The summed E-state index contributed by atoms with van der Waals surface area (Å²) in [7, 11) is 0. The van der Waals surface area contributed by atoms with E-state index in [1.165, 1.54) is 63.9 Å². The Morgan fingerprint density at radius 3 is 1.56 bits per heavy atom. The normalized spacial score (nSPS) is 11.5. The zero-order valence-electron chi connectivity index (χ0n) is 33.8. The summed E-state index contributed by atoms with van der Waals surface area (Å²) in [6, 6.07) is 85.7. The van der Waals surface area contributed by atoms with Crippen LogP contribution >= 0.6 is 11.3 Å². The van der Waals surface area contributed by atoms with E-state index < -0.39 is 0 Å². The largest absolute Gasteiger partial charge is 0.310 e. The van der Waals surface area contributed by atoms with Crippen LogP contribution in [0.3, 0.4) is 0 Å². The van der Waals surface area contributed by atoms with Crippen molar-refractivity contribution in [2.24, 2.45) is 0 Å². The van der Waals surface area contributed by atoms with Crippen molar-refractivity contribution in [3.05, 3.63) is 237 Å². The van der Waals surface area contributed by atoms with Crippen LogP contribution in [-0.2, 0) is 0 Å². The van der Waals surface area contributed by atoms with Gasteiger partial charge in [0.25, 0.3) is 0 Å². The monoisotopic (exact) mass is 809 g/mol. The van der Waals surface area contributed by atoms with Crippen LogP contribution in [0.1, 0.15) is 0 Å². The minimum absolute atomic E-state index is 1.08. The Balaban J connectivity index is 0.947. The molecule has 0 atom stereocenters. The second kappa shape index (κ2) is 15.0. The lowest BCUT2D eigenvalue weighted by Gasteiger charge is -2.28. The van der Waals surface area contributed by atoms with Gasteiger partial charge in [-0.3, -0.25) is 0 Å². The fourth-order valence-electron chi connectivity index (χ4n) is 9.30. The topological polar surface area (TPSA) is 11.4 Å². The average molecular weight is 810 g/mol. The molecule has 0 amide bonds. The lowest BCUT2D eigenvalue weighted by Crippen LogP contribution is -2.12. The minimum Gasteiger partial charge on any atom is -0.310 e. The lowest BCUT2D eigenvalue weighted by atomic mass is 10.0. The van der Waals surface area contributed by atoms with E-state index in [-0.39, 0.29) is 0 Å². The van der Waals surface area contributed by atoms with Crippen molar-refractivity contribution in [3.8, 4) is 16.8 Å². The van der Waals surface area contributed by atoms with Gasteiger partial charge >= 0.3 is 0 Å². The third-order valence-corrected chi connectivity index (χ3v) is 13.2. The molecule has 0 saturated heterocycles. The highest BCUT2D eigenvalue weighted by Crippen LogP contribution is 2.44. The molecule has 0 bridgehead atoms. The Morgan fingerprint density at radius 1 is 0.306 bits per heavy atom. The van der Waals surface area contributed by atoms with E-state index in [1.54, 1.807) is 0 Å². The van der Waals surface area contributed by atoms with Crippen LogP contribution in [0.4, 0.5) is 34.1 Å². The number of anilines is 6. The van der Waals surface area contributed by atoms with Gasteiger partial charge in [-0.15, -0.1) is 11.3 Å². The van der Waals surface area contributed by atoms with Gasteiger partial charge in [-0.1, -0.05) is 133 Å². The fourth-order valence-corrected chi connectivity index (χ4v) is 10.5. The Kier molecular flexibility index (Phi) is 8.68. The van der Waals surface area contributed by atoms with Crippen molar-refractivity contribution in [1.29, 1.82) is 0 Å². The van der Waals surface area contributed by atoms with Gasteiger partial charge in [-0.05, 0) is 125 Å². The second-order valence-electron chi connectivity index (χ2n) is 15.8. The van der Waals surface area contributed by atoms with E-state index >= 15 is 0 Å². The predicted molar refractivity (Wildman–Crippen MR) is 266 cm³/mol. The number of aromatic nitrogens is 1. The third kappa shape index (κ3) is 6.11. The summed E-state index contributed by atoms with van der Waals surface area (Å²) in [4.78, 5) is 4.71. The summed E-state index contributed by atoms with van der Waals surface area (Å²) in [5.41, 5.74) is 12.4. The molecule has 0 fully saturated rings. The maximum absolute atomic E-state index is 2.38. The van der Waals surface area contributed by atoms with Crippen LogP contribution in [0.5, 0.6) is 0 Å². The number of thiophene rings is 1. The zero-order valence-corrected chi connectivity index (χ0v) is 34.6. The molecule has 2 heterocycles. The van der Waals surface area contributed by atoms with Crippen LogP contribution in [0.2, 0.25) is 0 Å². The number of benzene rings is 10. The average Bonchev–Trinajstić information content (AvgIpc) is 3.89. The zero-order chi connectivity index (χ0) is 41.0. The standard InChI is InChI=1S/C58H39N3S/c1-4-17-43(18-5-1)59(48-23-14-16-41(37-48)42-27-34-53-57(38-42)62-56-36-28-40-15-10-11-24-50(40)58(53)56)46-29-31-47(32-30-46)60(44-19-6-2-7-20-44)49-33-35-52-51-25-12-13-26-54(51)61(55(52)39-49)45-21-8-3-9-22-45/h1-39H. The van der Waals surface area contributed by atoms with Crippen molar-refractivity contribution in [2.45, 2.75) is 0 Å². The number of para-hydroxylation sites is 4. The van der Waals surface area contributed by atoms with Gasteiger partial charge in [-0.2, -0.15) is 0 Å². The summed E-state index contributed by atoms with van der Waals surface area (Å²) in [5, 5.41) is 7.74. The number of rotatable bonds is 8. The van der Waals surface area contributed by atoms with Gasteiger partial charge in [0.2, 0.25) is 0 Å². The van der Waals surface area contributed by atoms with Crippen LogP contribution in [0, 0.1) is 0 Å². The van der Waals surface area contributed by atoms with Gasteiger partial charge < -0.3 is 14.4 Å². The molecule has 4 heteroatoms. The third-order valence-electron chi connectivity index (χ3n) is 12.1.